The summed E-state index contributed by atoms with van der Waals surface area (Å²) in [6.45, 7) is 10.1. The minimum atomic E-state index is 0.814. The number of hydrogen-bond acceptors (Lipinski definition) is 5. The van der Waals surface area contributed by atoms with E-state index in [-0.39, 0.29) is 0 Å². The van der Waals surface area contributed by atoms with E-state index >= 15 is 0 Å². The Morgan fingerprint density at radius 2 is 2.37 bits per heavy atom. The van der Waals surface area contributed by atoms with Crippen molar-refractivity contribution in [2.75, 3.05) is 32.7 Å². The zero-order chi connectivity index (χ0) is 13.1. The lowest BCUT2D eigenvalue weighted by Gasteiger charge is -2.37. The van der Waals surface area contributed by atoms with Crippen LogP contribution in [0, 0.1) is 0 Å². The topological polar surface area (TPSA) is 31.4 Å². The van der Waals surface area contributed by atoms with E-state index in [4.69, 9.17) is 4.98 Å². The van der Waals surface area contributed by atoms with Crippen molar-refractivity contribution in [3.8, 4) is 0 Å². The van der Waals surface area contributed by atoms with E-state index in [1.54, 1.807) is 11.3 Å². The molecule has 1 N–H and O–H groups in total. The van der Waals surface area contributed by atoms with E-state index in [0.29, 0.717) is 0 Å². The van der Waals surface area contributed by atoms with Gasteiger partial charge in [0.1, 0.15) is 5.01 Å². The van der Waals surface area contributed by atoms with Gasteiger partial charge in [-0.3, -0.25) is 9.80 Å². The molecule has 2 aliphatic heterocycles. The van der Waals surface area contributed by atoms with E-state index in [9.17, 15) is 0 Å². The van der Waals surface area contributed by atoms with Crippen LogP contribution < -0.4 is 5.32 Å². The van der Waals surface area contributed by atoms with Gasteiger partial charge in [-0.1, -0.05) is 6.92 Å². The summed E-state index contributed by atoms with van der Waals surface area (Å²) < 4.78 is 0. The zero-order valence-corrected chi connectivity index (χ0v) is 12.6. The maximum Gasteiger partial charge on any atom is 0.107 e. The molecule has 2 fully saturated rings. The van der Waals surface area contributed by atoms with Gasteiger partial charge in [0, 0.05) is 44.1 Å². The fourth-order valence-corrected chi connectivity index (χ4v) is 3.92. The smallest absolute Gasteiger partial charge is 0.107 e. The second kappa shape index (κ2) is 6.31. The highest BCUT2D eigenvalue weighted by atomic mass is 32.1. The van der Waals surface area contributed by atoms with Gasteiger partial charge in [0.25, 0.3) is 0 Å². The average Bonchev–Trinajstić information content (AvgIpc) is 3.05. The first-order valence-electron chi connectivity index (χ1n) is 7.45. The van der Waals surface area contributed by atoms with Gasteiger partial charge in [0.15, 0.2) is 0 Å². The molecule has 4 nitrogen and oxygen atoms in total. The van der Waals surface area contributed by atoms with Crippen molar-refractivity contribution < 1.29 is 0 Å². The second-order valence-electron chi connectivity index (χ2n) is 5.58. The Hall–Kier alpha value is -0.490. The molecule has 0 spiro atoms. The van der Waals surface area contributed by atoms with E-state index in [1.807, 2.05) is 0 Å². The predicted octanol–water partition coefficient (Wildman–Crippen LogP) is 1.53. The van der Waals surface area contributed by atoms with Gasteiger partial charge in [-0.2, -0.15) is 0 Å². The Labute approximate surface area is 119 Å². The van der Waals surface area contributed by atoms with Crippen LogP contribution in [-0.4, -0.2) is 53.5 Å². The number of fused-ring (bicyclic) bond motifs is 1. The molecule has 19 heavy (non-hydrogen) atoms. The van der Waals surface area contributed by atoms with Crippen molar-refractivity contribution in [2.45, 2.75) is 38.9 Å². The molecular formula is C14H24N4S. The molecule has 0 bridgehead atoms. The number of hydrogen-bond donors (Lipinski definition) is 1. The molecule has 2 saturated heterocycles. The number of thiazole rings is 1. The third-order valence-corrected chi connectivity index (χ3v) is 5.08. The summed E-state index contributed by atoms with van der Waals surface area (Å²) >= 11 is 1.79. The summed E-state index contributed by atoms with van der Waals surface area (Å²) in [5.41, 5.74) is 1.25. The summed E-state index contributed by atoms with van der Waals surface area (Å²) in [5.74, 6) is 0. The average molecular weight is 280 g/mol. The van der Waals surface area contributed by atoms with Crippen molar-refractivity contribution in [1.82, 2.24) is 20.1 Å². The van der Waals surface area contributed by atoms with Crippen molar-refractivity contribution >= 4 is 11.3 Å². The molecule has 106 valence electrons. The van der Waals surface area contributed by atoms with Crippen LogP contribution in [0.5, 0.6) is 0 Å². The lowest BCUT2D eigenvalue weighted by molar-refractivity contribution is 0.0985. The Bertz CT molecular complexity index is 406. The van der Waals surface area contributed by atoms with Crippen molar-refractivity contribution in [3.05, 3.63) is 16.1 Å². The molecule has 3 rings (SSSR count). The maximum absolute atomic E-state index is 4.73. The van der Waals surface area contributed by atoms with Crippen LogP contribution in [0.25, 0.3) is 0 Å². The van der Waals surface area contributed by atoms with Gasteiger partial charge >= 0.3 is 0 Å². The fraction of sp³-hybridized carbons (Fsp3) is 0.786. The molecule has 1 aromatic heterocycles. The molecule has 2 aliphatic rings. The molecule has 0 aliphatic carbocycles. The lowest BCUT2D eigenvalue weighted by Crippen LogP contribution is -2.49. The zero-order valence-electron chi connectivity index (χ0n) is 11.8. The first-order valence-corrected chi connectivity index (χ1v) is 8.33. The number of piperazine rings is 1. The SMILES string of the molecule is CCNCc1nc(CN2CCN3CCCC3C2)cs1. The minimum Gasteiger partial charge on any atom is -0.311 e. The van der Waals surface area contributed by atoms with Crippen LogP contribution in [-0.2, 0) is 13.1 Å². The normalized spacial score (nSPS) is 24.8. The predicted molar refractivity (Wildman–Crippen MR) is 79.4 cm³/mol. The van der Waals surface area contributed by atoms with Crippen LogP contribution in [0.4, 0.5) is 0 Å². The largest absolute Gasteiger partial charge is 0.311 e. The van der Waals surface area contributed by atoms with E-state index < -0.39 is 0 Å². The number of aromatic nitrogens is 1. The first kappa shape index (κ1) is 13.5. The molecule has 0 amide bonds. The van der Waals surface area contributed by atoms with Crippen molar-refractivity contribution in [3.63, 3.8) is 0 Å². The molecule has 1 aromatic rings. The highest BCUT2D eigenvalue weighted by Gasteiger charge is 2.30. The third-order valence-electron chi connectivity index (χ3n) is 4.18. The molecule has 3 heterocycles. The maximum atomic E-state index is 4.73. The molecule has 1 atom stereocenters. The Kier molecular flexibility index (Phi) is 4.48. The van der Waals surface area contributed by atoms with Crippen LogP contribution in [0.1, 0.15) is 30.5 Å². The quantitative estimate of drug-likeness (QED) is 0.886. The Morgan fingerprint density at radius 1 is 1.42 bits per heavy atom. The van der Waals surface area contributed by atoms with Gasteiger partial charge in [0.2, 0.25) is 0 Å². The first-order chi connectivity index (χ1) is 9.35. The van der Waals surface area contributed by atoms with E-state index in [2.05, 4.69) is 27.4 Å². The lowest BCUT2D eigenvalue weighted by atomic mass is 10.1. The van der Waals surface area contributed by atoms with Crippen molar-refractivity contribution in [1.29, 1.82) is 0 Å². The van der Waals surface area contributed by atoms with E-state index in [1.165, 1.54) is 49.7 Å². The number of nitrogens with one attached hydrogen (secondary N) is 1. The number of nitrogens with zero attached hydrogens (tertiary/aromatic N) is 3. The van der Waals surface area contributed by atoms with Gasteiger partial charge < -0.3 is 5.32 Å². The monoisotopic (exact) mass is 280 g/mol. The van der Waals surface area contributed by atoms with Crippen LogP contribution in [0.3, 0.4) is 0 Å². The molecule has 0 aromatic carbocycles. The molecular weight excluding hydrogens is 256 g/mol. The number of rotatable bonds is 5. The van der Waals surface area contributed by atoms with Crippen LogP contribution >= 0.6 is 11.3 Å². The van der Waals surface area contributed by atoms with Gasteiger partial charge in [-0.25, -0.2) is 4.98 Å². The Morgan fingerprint density at radius 3 is 3.26 bits per heavy atom. The third kappa shape index (κ3) is 3.34. The summed E-state index contributed by atoms with van der Waals surface area (Å²) in [6, 6.07) is 0.814. The summed E-state index contributed by atoms with van der Waals surface area (Å²) in [4.78, 5) is 9.97. The van der Waals surface area contributed by atoms with Crippen molar-refractivity contribution in [2.24, 2.45) is 0 Å². The second-order valence-corrected chi connectivity index (χ2v) is 6.52. The summed E-state index contributed by atoms with van der Waals surface area (Å²) in [6.07, 6.45) is 2.78. The molecule has 1 unspecified atom stereocenters. The van der Waals surface area contributed by atoms with Gasteiger partial charge in [-0.05, 0) is 25.9 Å². The van der Waals surface area contributed by atoms with Gasteiger partial charge in [-0.15, -0.1) is 11.3 Å². The molecule has 0 saturated carbocycles. The minimum absolute atomic E-state index is 0.814. The Balaban J connectivity index is 1.52. The van der Waals surface area contributed by atoms with Crippen LogP contribution in [0.2, 0.25) is 0 Å². The van der Waals surface area contributed by atoms with E-state index in [0.717, 1.165) is 25.7 Å². The highest BCUT2D eigenvalue weighted by Crippen LogP contribution is 2.22. The molecule has 5 heteroatoms. The highest BCUT2D eigenvalue weighted by molar-refractivity contribution is 7.09. The summed E-state index contributed by atoms with van der Waals surface area (Å²) in [7, 11) is 0. The standard InChI is InChI=1S/C14H24N4S/c1-2-15-8-14-16-12(11-19-14)9-17-6-7-18-5-3-4-13(18)10-17/h11,13,15H,2-10H2,1H3. The van der Waals surface area contributed by atoms with Crippen LogP contribution in [0.15, 0.2) is 5.38 Å². The fourth-order valence-electron chi connectivity index (χ4n) is 3.16. The van der Waals surface area contributed by atoms with Gasteiger partial charge in [0.05, 0.1) is 5.69 Å². The summed E-state index contributed by atoms with van der Waals surface area (Å²) in [5, 5.41) is 6.79. The molecule has 0 radical (unpaired) electrons.